The van der Waals surface area contributed by atoms with Crippen molar-refractivity contribution in [2.24, 2.45) is 7.05 Å². The Kier molecular flexibility index (Phi) is 5.31. The van der Waals surface area contributed by atoms with Crippen LogP contribution in [0.15, 0.2) is 52.4 Å². The fourth-order valence-corrected chi connectivity index (χ4v) is 4.27. The third kappa shape index (κ3) is 4.07. The maximum Gasteiger partial charge on any atom is 0.333 e. The van der Waals surface area contributed by atoms with E-state index < -0.39 is 16.1 Å². The Balaban J connectivity index is 1.82. The van der Waals surface area contributed by atoms with Gasteiger partial charge in [0, 0.05) is 18.9 Å². The lowest BCUT2D eigenvalue weighted by atomic mass is 10.0. The van der Waals surface area contributed by atoms with Crippen molar-refractivity contribution < 1.29 is 13.2 Å². The summed E-state index contributed by atoms with van der Waals surface area (Å²) >= 11 is 0. The van der Waals surface area contributed by atoms with Gasteiger partial charge in [0.25, 0.3) is 10.0 Å². The number of amides is 2. The number of aryl methyl sites for hydroxylation is 1. The highest BCUT2D eigenvalue weighted by molar-refractivity contribution is 7.90. The summed E-state index contributed by atoms with van der Waals surface area (Å²) in [5.74, 6) is 0. The molecule has 0 spiro atoms. The summed E-state index contributed by atoms with van der Waals surface area (Å²) in [6.07, 6.45) is 10.5. The Labute approximate surface area is 153 Å². The van der Waals surface area contributed by atoms with E-state index in [-0.39, 0.29) is 5.03 Å². The van der Waals surface area contributed by atoms with Gasteiger partial charge >= 0.3 is 6.03 Å². The Hall–Kier alpha value is -2.35. The number of nitrogens with zero attached hydrogens (tertiary/aromatic N) is 2. The molecule has 7 nitrogen and oxygen atoms in total. The molecule has 1 heterocycles. The summed E-state index contributed by atoms with van der Waals surface area (Å²) in [5.41, 5.74) is 3.85. The van der Waals surface area contributed by atoms with Crippen molar-refractivity contribution in [2.75, 3.05) is 0 Å². The van der Waals surface area contributed by atoms with Gasteiger partial charge in [-0.25, -0.2) is 9.52 Å². The molecule has 2 amide bonds. The second-order valence-electron chi connectivity index (χ2n) is 6.67. The minimum atomic E-state index is -4.01. The smallest absolute Gasteiger partial charge is 0.307 e. The van der Waals surface area contributed by atoms with Gasteiger partial charge in [0.1, 0.15) is 0 Å². The van der Waals surface area contributed by atoms with Crippen molar-refractivity contribution in [3.63, 3.8) is 0 Å². The van der Waals surface area contributed by atoms with Crippen molar-refractivity contribution in [2.45, 2.75) is 50.0 Å². The highest BCUT2D eigenvalue weighted by atomic mass is 32.2. The molecule has 0 saturated heterocycles. The molecular formula is C18H24N4O3S. The molecule has 1 saturated carbocycles. The lowest BCUT2D eigenvalue weighted by Crippen LogP contribution is -2.39. The topological polar surface area (TPSA) is 93.1 Å². The lowest BCUT2D eigenvalue weighted by molar-refractivity contribution is 0.248. The first-order valence-corrected chi connectivity index (χ1v) is 10.3. The summed E-state index contributed by atoms with van der Waals surface area (Å²) < 4.78 is 28.0. The van der Waals surface area contributed by atoms with Crippen LogP contribution in [0.2, 0.25) is 0 Å². The quantitative estimate of drug-likeness (QED) is 0.848. The molecule has 1 aromatic heterocycles. The second-order valence-corrected chi connectivity index (χ2v) is 8.30. The van der Waals surface area contributed by atoms with Crippen LogP contribution in [0, 0.1) is 0 Å². The number of urea groups is 1. The first-order chi connectivity index (χ1) is 12.4. The van der Waals surface area contributed by atoms with Crippen LogP contribution in [-0.2, 0) is 17.1 Å². The summed E-state index contributed by atoms with van der Waals surface area (Å²) in [6.45, 7) is 4.12. The Morgan fingerprint density at radius 1 is 1.23 bits per heavy atom. The van der Waals surface area contributed by atoms with Crippen LogP contribution in [0.1, 0.15) is 44.9 Å². The van der Waals surface area contributed by atoms with E-state index in [0.29, 0.717) is 5.70 Å². The van der Waals surface area contributed by atoms with E-state index in [1.807, 2.05) is 4.72 Å². The predicted molar refractivity (Wildman–Crippen MR) is 98.6 cm³/mol. The normalized spacial score (nSPS) is 23.3. The Bertz CT molecular complexity index is 893. The van der Waals surface area contributed by atoms with Gasteiger partial charge < -0.3 is 5.32 Å². The van der Waals surface area contributed by atoms with Crippen LogP contribution in [0.4, 0.5) is 4.79 Å². The van der Waals surface area contributed by atoms with Crippen molar-refractivity contribution in [3.05, 3.63) is 47.3 Å². The molecule has 0 aliphatic heterocycles. The summed E-state index contributed by atoms with van der Waals surface area (Å²) in [5, 5.41) is 6.39. The molecule has 2 N–H and O–H groups in total. The maximum atomic E-state index is 12.4. The van der Waals surface area contributed by atoms with Gasteiger partial charge in [-0.3, -0.25) is 4.68 Å². The number of nitrogens with one attached hydrogen (secondary N) is 2. The van der Waals surface area contributed by atoms with Gasteiger partial charge in [0.05, 0.1) is 0 Å². The minimum Gasteiger partial charge on any atom is -0.307 e. The summed E-state index contributed by atoms with van der Waals surface area (Å²) in [7, 11) is -2.40. The first kappa shape index (κ1) is 18.4. The van der Waals surface area contributed by atoms with Crippen LogP contribution in [0.3, 0.4) is 0 Å². The van der Waals surface area contributed by atoms with Crippen LogP contribution < -0.4 is 10.0 Å². The largest absolute Gasteiger partial charge is 0.333 e. The standard InChI is InChI=1S/C18H24N4O3S/c1-13-7-4-3-5-8-14-9-6-10-15(14)17(13)19-18(23)21-26(24,25)16-11-12-22(2)20-16/h8,11-12H,1,3-7,9-10H2,2H3,(H2,19,21,23)/b14-8-,17-15+. The van der Waals surface area contributed by atoms with Gasteiger partial charge in [0.2, 0.25) is 0 Å². The lowest BCUT2D eigenvalue weighted by Gasteiger charge is -2.16. The van der Waals surface area contributed by atoms with Gasteiger partial charge in [-0.1, -0.05) is 12.7 Å². The Morgan fingerprint density at radius 2 is 2.04 bits per heavy atom. The van der Waals surface area contributed by atoms with Gasteiger partial charge in [-0.05, 0) is 67.7 Å². The summed E-state index contributed by atoms with van der Waals surface area (Å²) in [6, 6.07) is 0.554. The van der Waals surface area contributed by atoms with E-state index >= 15 is 0 Å². The number of sulfonamides is 1. The van der Waals surface area contributed by atoms with E-state index in [9.17, 15) is 13.2 Å². The molecule has 140 valence electrons. The molecule has 2 aliphatic rings. The number of rotatable bonds is 3. The van der Waals surface area contributed by atoms with Crippen molar-refractivity contribution in [1.82, 2.24) is 19.8 Å². The zero-order chi connectivity index (χ0) is 18.7. The molecule has 0 aromatic carbocycles. The van der Waals surface area contributed by atoms with E-state index in [1.165, 1.54) is 22.5 Å². The van der Waals surface area contributed by atoms with Crippen molar-refractivity contribution in [3.8, 4) is 0 Å². The van der Waals surface area contributed by atoms with E-state index in [0.717, 1.165) is 56.1 Å². The van der Waals surface area contributed by atoms with Gasteiger partial charge in [-0.15, -0.1) is 0 Å². The maximum absolute atomic E-state index is 12.4. The highest BCUT2D eigenvalue weighted by Gasteiger charge is 2.25. The van der Waals surface area contributed by atoms with Crippen LogP contribution in [0.5, 0.6) is 0 Å². The molecule has 1 aromatic rings. The third-order valence-electron chi connectivity index (χ3n) is 4.67. The van der Waals surface area contributed by atoms with Crippen LogP contribution in [-0.4, -0.2) is 24.2 Å². The van der Waals surface area contributed by atoms with E-state index in [4.69, 9.17) is 0 Å². The average Bonchev–Trinajstić information content (AvgIpc) is 3.20. The fourth-order valence-electron chi connectivity index (χ4n) is 3.39. The van der Waals surface area contributed by atoms with E-state index in [1.54, 1.807) is 7.05 Å². The molecule has 0 unspecified atom stereocenters. The molecule has 3 rings (SSSR count). The number of carbonyl (C=O) groups is 1. The van der Waals surface area contributed by atoms with Crippen LogP contribution in [0.25, 0.3) is 0 Å². The third-order valence-corrected chi connectivity index (χ3v) is 5.89. The number of aromatic nitrogens is 2. The molecule has 0 atom stereocenters. The number of allylic oxidation sites excluding steroid dienone is 4. The molecule has 0 radical (unpaired) electrons. The average molecular weight is 376 g/mol. The van der Waals surface area contributed by atoms with Gasteiger partial charge in [-0.2, -0.15) is 13.5 Å². The molecule has 1 fully saturated rings. The predicted octanol–water partition coefficient (Wildman–Crippen LogP) is 2.90. The van der Waals surface area contributed by atoms with Crippen molar-refractivity contribution in [1.29, 1.82) is 0 Å². The summed E-state index contributed by atoms with van der Waals surface area (Å²) in [4.78, 5) is 12.4. The first-order valence-electron chi connectivity index (χ1n) is 8.81. The van der Waals surface area contributed by atoms with Gasteiger partial charge in [0.15, 0.2) is 5.03 Å². The Morgan fingerprint density at radius 3 is 2.77 bits per heavy atom. The van der Waals surface area contributed by atoms with Crippen LogP contribution >= 0.6 is 0 Å². The number of fused-ring (bicyclic) bond motifs is 1. The van der Waals surface area contributed by atoms with E-state index in [2.05, 4.69) is 23.1 Å². The number of hydrogen-bond donors (Lipinski definition) is 2. The SMILES string of the molecule is C=C1CCCC/C=C2/CCC/C2=C/1NC(=O)NS(=O)(=O)c1ccn(C)n1. The number of carbonyl (C=O) groups excluding carboxylic acids is 1. The molecular weight excluding hydrogens is 352 g/mol. The molecule has 0 bridgehead atoms. The zero-order valence-electron chi connectivity index (χ0n) is 14.9. The minimum absolute atomic E-state index is 0.192. The fraction of sp³-hybridized carbons (Fsp3) is 0.444. The second kappa shape index (κ2) is 7.49. The number of hydrogen-bond acceptors (Lipinski definition) is 4. The zero-order valence-corrected chi connectivity index (χ0v) is 15.7. The molecule has 26 heavy (non-hydrogen) atoms. The molecule has 2 aliphatic carbocycles. The highest BCUT2D eigenvalue weighted by Crippen LogP contribution is 2.36. The molecule has 8 heteroatoms. The monoisotopic (exact) mass is 376 g/mol. The van der Waals surface area contributed by atoms with Crippen molar-refractivity contribution >= 4 is 16.1 Å².